The number of nitrogens with two attached hydrogens (primary N) is 1. The number of rotatable bonds is 4. The zero-order chi connectivity index (χ0) is 14.9. The molecule has 0 atom stereocenters. The fourth-order valence-corrected chi connectivity index (χ4v) is 2.83. The van der Waals surface area contributed by atoms with Gasteiger partial charge in [-0.05, 0) is 37.1 Å². The molecule has 4 N–H and O–H groups in total. The molecule has 2 aliphatic rings. The predicted octanol–water partition coefficient (Wildman–Crippen LogP) is 1.28. The number of nitrogens with one attached hydrogen (secondary N) is 2. The van der Waals surface area contributed by atoms with E-state index in [9.17, 15) is 9.59 Å². The molecule has 6 heteroatoms. The van der Waals surface area contributed by atoms with Crippen LogP contribution >= 0.6 is 0 Å². The number of hydrogen-bond donors (Lipinski definition) is 3. The number of hydrogen-bond acceptors (Lipinski definition) is 3. The summed E-state index contributed by atoms with van der Waals surface area (Å²) in [6.07, 6.45) is 2.79. The third kappa shape index (κ3) is 2.47. The van der Waals surface area contributed by atoms with Crippen LogP contribution in [0.4, 0.5) is 16.2 Å². The summed E-state index contributed by atoms with van der Waals surface area (Å²) in [6.45, 7) is 1.72. The molecule has 0 spiro atoms. The van der Waals surface area contributed by atoms with Crippen molar-refractivity contribution < 1.29 is 9.59 Å². The molecule has 0 unspecified atom stereocenters. The van der Waals surface area contributed by atoms with Crippen molar-refractivity contribution in [3.63, 3.8) is 0 Å². The molecule has 1 aromatic carbocycles. The zero-order valence-electron chi connectivity index (χ0n) is 11.9. The first kappa shape index (κ1) is 13.9. The lowest BCUT2D eigenvalue weighted by Gasteiger charge is -2.39. The lowest BCUT2D eigenvalue weighted by atomic mass is 9.68. The van der Waals surface area contributed by atoms with Gasteiger partial charge in [0.2, 0.25) is 5.91 Å². The van der Waals surface area contributed by atoms with Gasteiger partial charge < -0.3 is 16.4 Å². The van der Waals surface area contributed by atoms with Gasteiger partial charge in [-0.3, -0.25) is 9.69 Å². The maximum atomic E-state index is 12.3. The van der Waals surface area contributed by atoms with Crippen LogP contribution < -0.4 is 21.3 Å². The van der Waals surface area contributed by atoms with Crippen molar-refractivity contribution in [3.8, 4) is 0 Å². The average Bonchev–Trinajstić information content (AvgIpc) is 2.85. The third-order valence-electron chi connectivity index (χ3n) is 4.48. The molecule has 1 aliphatic heterocycles. The van der Waals surface area contributed by atoms with E-state index in [1.165, 1.54) is 0 Å². The molecule has 1 aliphatic carbocycles. The topological polar surface area (TPSA) is 87.5 Å². The minimum atomic E-state index is -0.381. The van der Waals surface area contributed by atoms with E-state index in [2.05, 4.69) is 10.6 Å². The van der Waals surface area contributed by atoms with Crippen LogP contribution in [-0.2, 0) is 4.79 Å². The van der Waals surface area contributed by atoms with Crippen LogP contribution in [0.15, 0.2) is 24.3 Å². The van der Waals surface area contributed by atoms with Gasteiger partial charge in [-0.2, -0.15) is 0 Å². The number of nitrogens with zero attached hydrogens (tertiary/aromatic N) is 1. The van der Waals surface area contributed by atoms with E-state index in [1.807, 2.05) is 24.3 Å². The van der Waals surface area contributed by atoms with Crippen LogP contribution in [0.25, 0.3) is 0 Å². The maximum absolute atomic E-state index is 12.3. The predicted molar refractivity (Wildman–Crippen MR) is 81.2 cm³/mol. The molecule has 2 fully saturated rings. The SMILES string of the molecule is NCC1(C(=O)Nc2ccc(N3CCNC3=O)cc2)CCC1. The molecule has 0 bridgehead atoms. The summed E-state index contributed by atoms with van der Waals surface area (Å²) in [6, 6.07) is 7.25. The molecule has 1 saturated heterocycles. The second kappa shape index (κ2) is 5.37. The molecule has 1 heterocycles. The Bertz CT molecular complexity index is 546. The molecule has 0 radical (unpaired) electrons. The van der Waals surface area contributed by atoms with Gasteiger partial charge in [-0.25, -0.2) is 4.79 Å². The van der Waals surface area contributed by atoms with Crippen molar-refractivity contribution in [1.82, 2.24) is 5.32 Å². The van der Waals surface area contributed by atoms with Crippen LogP contribution in [0.2, 0.25) is 0 Å². The average molecular weight is 288 g/mol. The van der Waals surface area contributed by atoms with Gasteiger partial charge in [0.15, 0.2) is 0 Å². The fraction of sp³-hybridized carbons (Fsp3) is 0.467. The first-order valence-electron chi connectivity index (χ1n) is 7.32. The molecule has 0 aromatic heterocycles. The summed E-state index contributed by atoms with van der Waals surface area (Å²) >= 11 is 0. The molecule has 1 saturated carbocycles. The second-order valence-corrected chi connectivity index (χ2v) is 5.72. The van der Waals surface area contributed by atoms with Crippen molar-refractivity contribution in [3.05, 3.63) is 24.3 Å². The first-order chi connectivity index (χ1) is 10.1. The minimum Gasteiger partial charge on any atom is -0.336 e. The second-order valence-electron chi connectivity index (χ2n) is 5.72. The van der Waals surface area contributed by atoms with E-state index in [4.69, 9.17) is 5.73 Å². The van der Waals surface area contributed by atoms with E-state index >= 15 is 0 Å². The molecule has 3 rings (SSSR count). The van der Waals surface area contributed by atoms with Gasteiger partial charge >= 0.3 is 6.03 Å². The Morgan fingerprint density at radius 2 is 2.05 bits per heavy atom. The highest BCUT2D eigenvalue weighted by molar-refractivity contribution is 5.97. The number of carbonyl (C=O) groups excluding carboxylic acids is 2. The molecule has 3 amide bonds. The third-order valence-corrected chi connectivity index (χ3v) is 4.48. The van der Waals surface area contributed by atoms with Crippen LogP contribution in [0.1, 0.15) is 19.3 Å². The van der Waals surface area contributed by atoms with E-state index < -0.39 is 0 Å². The lowest BCUT2D eigenvalue weighted by molar-refractivity contribution is -0.129. The minimum absolute atomic E-state index is 0.00270. The van der Waals surface area contributed by atoms with Crippen LogP contribution in [0.3, 0.4) is 0 Å². The number of carbonyl (C=O) groups is 2. The summed E-state index contributed by atoms with van der Waals surface area (Å²) in [5.74, 6) is 0.00270. The Kier molecular flexibility index (Phi) is 3.55. The smallest absolute Gasteiger partial charge is 0.321 e. The Morgan fingerprint density at radius 3 is 2.52 bits per heavy atom. The number of anilines is 2. The van der Waals surface area contributed by atoms with Gasteiger partial charge in [-0.1, -0.05) is 6.42 Å². The van der Waals surface area contributed by atoms with Gasteiger partial charge in [0, 0.05) is 31.0 Å². The monoisotopic (exact) mass is 288 g/mol. The standard InChI is InChI=1S/C15H20N4O2/c16-10-15(6-1-7-15)13(20)18-11-2-4-12(5-3-11)19-9-8-17-14(19)21/h2-5H,1,6-10,16H2,(H,17,21)(H,18,20). The highest BCUT2D eigenvalue weighted by atomic mass is 16.2. The van der Waals surface area contributed by atoms with Crippen LogP contribution in [0, 0.1) is 5.41 Å². The molecule has 21 heavy (non-hydrogen) atoms. The van der Waals surface area contributed by atoms with Crippen molar-refractivity contribution in [2.24, 2.45) is 11.1 Å². The van der Waals surface area contributed by atoms with Gasteiger partial charge in [0.05, 0.1) is 5.41 Å². The Morgan fingerprint density at radius 1 is 1.33 bits per heavy atom. The number of urea groups is 1. The van der Waals surface area contributed by atoms with E-state index in [1.54, 1.807) is 4.90 Å². The number of benzene rings is 1. The molecule has 6 nitrogen and oxygen atoms in total. The summed E-state index contributed by atoms with van der Waals surface area (Å²) in [5.41, 5.74) is 6.92. The Hall–Kier alpha value is -2.08. The van der Waals surface area contributed by atoms with Crippen LogP contribution in [0.5, 0.6) is 0 Å². The summed E-state index contributed by atoms with van der Waals surface area (Å²) in [4.78, 5) is 25.5. The van der Waals surface area contributed by atoms with Gasteiger partial charge in [-0.15, -0.1) is 0 Å². The highest BCUT2D eigenvalue weighted by Crippen LogP contribution is 2.40. The highest BCUT2D eigenvalue weighted by Gasteiger charge is 2.42. The molecule has 112 valence electrons. The van der Waals surface area contributed by atoms with Crippen molar-refractivity contribution in [2.75, 3.05) is 29.9 Å². The fourth-order valence-electron chi connectivity index (χ4n) is 2.83. The van der Waals surface area contributed by atoms with Gasteiger partial charge in [0.25, 0.3) is 0 Å². The quantitative estimate of drug-likeness (QED) is 0.780. The van der Waals surface area contributed by atoms with Crippen molar-refractivity contribution in [2.45, 2.75) is 19.3 Å². The maximum Gasteiger partial charge on any atom is 0.321 e. The number of amides is 3. The molecular weight excluding hydrogens is 268 g/mol. The van der Waals surface area contributed by atoms with E-state index in [0.29, 0.717) is 19.6 Å². The Balaban J connectivity index is 1.67. The zero-order valence-corrected chi connectivity index (χ0v) is 11.9. The first-order valence-corrected chi connectivity index (χ1v) is 7.32. The van der Waals surface area contributed by atoms with Crippen molar-refractivity contribution in [1.29, 1.82) is 0 Å². The normalized spacial score (nSPS) is 19.9. The largest absolute Gasteiger partial charge is 0.336 e. The van der Waals surface area contributed by atoms with E-state index in [-0.39, 0.29) is 17.4 Å². The summed E-state index contributed by atoms with van der Waals surface area (Å²) in [7, 11) is 0. The van der Waals surface area contributed by atoms with Crippen LogP contribution in [-0.4, -0.2) is 31.6 Å². The molecule has 1 aromatic rings. The van der Waals surface area contributed by atoms with Gasteiger partial charge in [0.1, 0.15) is 0 Å². The van der Waals surface area contributed by atoms with Crippen molar-refractivity contribution >= 4 is 23.3 Å². The lowest BCUT2D eigenvalue weighted by Crippen LogP contribution is -2.47. The molecular formula is C15H20N4O2. The Labute approximate surface area is 123 Å². The van der Waals surface area contributed by atoms with E-state index in [0.717, 1.165) is 30.6 Å². The summed E-state index contributed by atoms with van der Waals surface area (Å²) in [5, 5.41) is 5.69. The summed E-state index contributed by atoms with van der Waals surface area (Å²) < 4.78 is 0.